The van der Waals surface area contributed by atoms with Gasteiger partial charge in [0.15, 0.2) is 24.4 Å². The largest absolute Gasteiger partial charge is 0.454 e. The molecule has 4 atom stereocenters. The van der Waals surface area contributed by atoms with Crippen molar-refractivity contribution >= 4 is 23.9 Å². The quantitative estimate of drug-likeness (QED) is 0.421. The van der Waals surface area contributed by atoms with Gasteiger partial charge in [-0.15, -0.1) is 0 Å². The molecule has 0 radical (unpaired) electrons. The molecule has 8 nitrogen and oxygen atoms in total. The molecule has 0 saturated carbocycles. The van der Waals surface area contributed by atoms with E-state index in [9.17, 15) is 19.2 Å². The molecule has 0 spiro atoms. The molecule has 128 valence electrons. The fourth-order valence-corrected chi connectivity index (χ4v) is 2.34. The third-order valence-corrected chi connectivity index (χ3v) is 3.02. The first-order valence-corrected chi connectivity index (χ1v) is 6.99. The van der Waals surface area contributed by atoms with Gasteiger partial charge in [-0.1, -0.05) is 0 Å². The summed E-state index contributed by atoms with van der Waals surface area (Å²) in [4.78, 5) is 45.3. The van der Waals surface area contributed by atoms with Gasteiger partial charge < -0.3 is 18.9 Å². The lowest BCUT2D eigenvalue weighted by Crippen LogP contribution is -2.54. The van der Waals surface area contributed by atoms with Crippen LogP contribution in [0.15, 0.2) is 11.6 Å². The van der Waals surface area contributed by atoms with Crippen molar-refractivity contribution in [2.75, 3.05) is 0 Å². The van der Waals surface area contributed by atoms with Crippen molar-refractivity contribution in [3.05, 3.63) is 11.6 Å². The molecule has 0 bridgehead atoms. The lowest BCUT2D eigenvalue weighted by Gasteiger charge is -2.38. The third-order valence-electron chi connectivity index (χ3n) is 3.02. The molecule has 0 N–H and O–H groups in total. The summed E-state index contributed by atoms with van der Waals surface area (Å²) < 4.78 is 20.6. The zero-order chi connectivity index (χ0) is 17.7. The van der Waals surface area contributed by atoms with Crippen LogP contribution in [-0.2, 0) is 38.1 Å². The van der Waals surface area contributed by atoms with Crippen LogP contribution in [0.2, 0.25) is 0 Å². The van der Waals surface area contributed by atoms with Crippen LogP contribution in [0.4, 0.5) is 0 Å². The first-order chi connectivity index (χ1) is 10.6. The van der Waals surface area contributed by atoms with Gasteiger partial charge in [-0.05, 0) is 18.6 Å². The summed E-state index contributed by atoms with van der Waals surface area (Å²) >= 11 is 0. The molecule has 0 fully saturated rings. The highest BCUT2D eigenvalue weighted by atomic mass is 16.6. The third kappa shape index (κ3) is 5.39. The summed E-state index contributed by atoms with van der Waals surface area (Å²) in [5, 5.41) is 0. The number of esters is 4. The molecular weight excluding hydrogens is 308 g/mol. The highest BCUT2D eigenvalue weighted by Gasteiger charge is 2.46. The molecule has 23 heavy (non-hydrogen) atoms. The molecule has 1 rings (SSSR count). The standard InChI is InChI=1S/C15H20O8/c1-7-6-12(20-8(2)16)14(22-10(4)18)15(23-11(5)19)13(7)21-9(3)17/h6,12-15H,1-5H3/t12-,13+,14-,15-/m0/s1. The van der Waals surface area contributed by atoms with E-state index in [4.69, 9.17) is 18.9 Å². The minimum absolute atomic E-state index is 0.515. The van der Waals surface area contributed by atoms with Crippen LogP contribution >= 0.6 is 0 Å². The van der Waals surface area contributed by atoms with E-state index < -0.39 is 48.3 Å². The molecule has 0 amide bonds. The van der Waals surface area contributed by atoms with Crippen LogP contribution in [0.3, 0.4) is 0 Å². The van der Waals surface area contributed by atoms with Crippen LogP contribution < -0.4 is 0 Å². The lowest BCUT2D eigenvalue weighted by molar-refractivity contribution is -0.194. The van der Waals surface area contributed by atoms with E-state index in [1.807, 2.05) is 0 Å². The number of hydrogen-bond donors (Lipinski definition) is 0. The first-order valence-electron chi connectivity index (χ1n) is 6.99. The Kier molecular flexibility index (Phi) is 6.29. The van der Waals surface area contributed by atoms with Crippen molar-refractivity contribution in [3.63, 3.8) is 0 Å². The van der Waals surface area contributed by atoms with Crippen molar-refractivity contribution in [1.29, 1.82) is 0 Å². The molecule has 0 aliphatic heterocycles. The summed E-state index contributed by atoms with van der Waals surface area (Å²) in [6.45, 7) is 6.38. The fourth-order valence-electron chi connectivity index (χ4n) is 2.34. The molecule has 1 aliphatic rings. The number of carbonyl (C=O) groups is 4. The molecule has 0 heterocycles. The second kappa shape index (κ2) is 7.75. The second-order valence-electron chi connectivity index (χ2n) is 5.16. The zero-order valence-electron chi connectivity index (χ0n) is 13.7. The monoisotopic (exact) mass is 328 g/mol. The molecule has 0 aromatic rings. The Balaban J connectivity index is 3.25. The van der Waals surface area contributed by atoms with Gasteiger partial charge in [0.1, 0.15) is 0 Å². The summed E-state index contributed by atoms with van der Waals surface area (Å²) in [6.07, 6.45) is -2.62. The van der Waals surface area contributed by atoms with Gasteiger partial charge in [0.25, 0.3) is 0 Å². The highest BCUT2D eigenvalue weighted by molar-refractivity contribution is 5.69. The Morgan fingerprint density at radius 3 is 1.61 bits per heavy atom. The van der Waals surface area contributed by atoms with Crippen LogP contribution in [0.25, 0.3) is 0 Å². The van der Waals surface area contributed by atoms with Crippen molar-refractivity contribution in [3.8, 4) is 0 Å². The summed E-state index contributed by atoms with van der Waals surface area (Å²) in [5.41, 5.74) is 0.515. The Hall–Kier alpha value is -2.38. The predicted octanol–water partition coefficient (Wildman–Crippen LogP) is 0.673. The predicted molar refractivity (Wildman–Crippen MR) is 76.0 cm³/mol. The van der Waals surface area contributed by atoms with Crippen molar-refractivity contribution < 1.29 is 38.1 Å². The smallest absolute Gasteiger partial charge is 0.303 e. The average molecular weight is 328 g/mol. The first kappa shape index (κ1) is 18.7. The summed E-state index contributed by atoms with van der Waals surface area (Å²) in [5.74, 6) is -2.49. The van der Waals surface area contributed by atoms with Crippen LogP contribution in [0, 0.1) is 0 Å². The minimum atomic E-state index is -1.12. The van der Waals surface area contributed by atoms with E-state index >= 15 is 0 Å². The second-order valence-corrected chi connectivity index (χ2v) is 5.16. The fraction of sp³-hybridized carbons (Fsp3) is 0.600. The topological polar surface area (TPSA) is 105 Å². The van der Waals surface area contributed by atoms with Crippen molar-refractivity contribution in [2.45, 2.75) is 59.0 Å². The molecule has 0 aromatic carbocycles. The van der Waals surface area contributed by atoms with E-state index in [-0.39, 0.29) is 0 Å². The lowest BCUT2D eigenvalue weighted by atomic mass is 9.89. The SMILES string of the molecule is CC(=O)O[C@@H]1[C@@H](OC(C)=O)[C@H](OC(C)=O)C(C)=C[C@@H]1OC(C)=O. The van der Waals surface area contributed by atoms with Crippen LogP contribution in [0.5, 0.6) is 0 Å². The minimum Gasteiger partial charge on any atom is -0.454 e. The number of ether oxygens (including phenoxy) is 4. The molecule has 1 aliphatic carbocycles. The maximum absolute atomic E-state index is 11.4. The normalized spacial score (nSPS) is 26.6. The summed E-state index contributed by atoms with van der Waals surface area (Å²) in [6, 6.07) is 0. The molecule has 8 heteroatoms. The summed E-state index contributed by atoms with van der Waals surface area (Å²) in [7, 11) is 0. The van der Waals surface area contributed by atoms with Crippen LogP contribution in [-0.4, -0.2) is 48.3 Å². The van der Waals surface area contributed by atoms with Gasteiger partial charge in [-0.25, -0.2) is 0 Å². The number of carbonyl (C=O) groups excluding carboxylic acids is 4. The van der Waals surface area contributed by atoms with Crippen molar-refractivity contribution in [2.24, 2.45) is 0 Å². The Labute approximate surface area is 133 Å². The van der Waals surface area contributed by atoms with Gasteiger partial charge in [0.2, 0.25) is 0 Å². The average Bonchev–Trinajstić information content (AvgIpc) is 2.36. The molecular formula is C15H20O8. The van der Waals surface area contributed by atoms with E-state index in [1.165, 1.54) is 33.8 Å². The van der Waals surface area contributed by atoms with Gasteiger partial charge in [0, 0.05) is 27.7 Å². The molecule has 0 saturated heterocycles. The van der Waals surface area contributed by atoms with E-state index in [2.05, 4.69) is 0 Å². The van der Waals surface area contributed by atoms with E-state index in [1.54, 1.807) is 6.92 Å². The van der Waals surface area contributed by atoms with E-state index in [0.29, 0.717) is 5.57 Å². The van der Waals surface area contributed by atoms with Crippen molar-refractivity contribution in [1.82, 2.24) is 0 Å². The molecule has 0 aromatic heterocycles. The van der Waals surface area contributed by atoms with Gasteiger partial charge >= 0.3 is 23.9 Å². The van der Waals surface area contributed by atoms with Crippen LogP contribution in [0.1, 0.15) is 34.6 Å². The van der Waals surface area contributed by atoms with Gasteiger partial charge in [-0.2, -0.15) is 0 Å². The maximum atomic E-state index is 11.4. The Morgan fingerprint density at radius 2 is 1.17 bits per heavy atom. The van der Waals surface area contributed by atoms with Gasteiger partial charge in [-0.3, -0.25) is 19.2 Å². The zero-order valence-corrected chi connectivity index (χ0v) is 13.7. The Bertz CT molecular complexity index is 536. The number of hydrogen-bond acceptors (Lipinski definition) is 8. The highest BCUT2D eigenvalue weighted by Crippen LogP contribution is 2.29. The number of rotatable bonds is 4. The maximum Gasteiger partial charge on any atom is 0.303 e. The molecule has 0 unspecified atom stereocenters. The Morgan fingerprint density at radius 1 is 0.739 bits per heavy atom. The van der Waals surface area contributed by atoms with Gasteiger partial charge in [0.05, 0.1) is 0 Å². The van der Waals surface area contributed by atoms with E-state index in [0.717, 1.165) is 0 Å².